The highest BCUT2D eigenvalue weighted by Gasteiger charge is 2.19. The summed E-state index contributed by atoms with van der Waals surface area (Å²) in [7, 11) is 3.70. The Bertz CT molecular complexity index is 507. The predicted molar refractivity (Wildman–Crippen MR) is 71.7 cm³/mol. The molecule has 18 heavy (non-hydrogen) atoms. The van der Waals surface area contributed by atoms with Crippen LogP contribution in [0.2, 0.25) is 0 Å². The number of aromatic nitrogens is 2. The summed E-state index contributed by atoms with van der Waals surface area (Å²) in [5.41, 5.74) is 2.26. The molecule has 1 aromatic heterocycles. The van der Waals surface area contributed by atoms with E-state index in [2.05, 4.69) is 23.3 Å². The molecule has 0 aliphatic rings. The maximum atomic E-state index is 5.44. The van der Waals surface area contributed by atoms with Crippen LogP contribution in [0.25, 0.3) is 0 Å². The zero-order valence-electron chi connectivity index (χ0n) is 11.1. The Morgan fingerprint density at radius 2 is 2.17 bits per heavy atom. The topological polar surface area (TPSA) is 39.1 Å². The molecule has 1 unspecified atom stereocenters. The van der Waals surface area contributed by atoms with E-state index in [4.69, 9.17) is 4.74 Å². The van der Waals surface area contributed by atoms with Crippen LogP contribution in [-0.2, 0) is 7.05 Å². The Hall–Kier alpha value is -1.81. The minimum Gasteiger partial charge on any atom is -0.496 e. The van der Waals surface area contributed by atoms with E-state index in [9.17, 15) is 0 Å². The second kappa shape index (κ2) is 5.69. The van der Waals surface area contributed by atoms with Gasteiger partial charge in [0.05, 0.1) is 31.4 Å². The summed E-state index contributed by atoms with van der Waals surface area (Å²) in [5.74, 6) is 0.893. The van der Waals surface area contributed by atoms with Gasteiger partial charge in [0.15, 0.2) is 0 Å². The second-order valence-corrected chi connectivity index (χ2v) is 4.16. The van der Waals surface area contributed by atoms with E-state index in [-0.39, 0.29) is 6.04 Å². The Balaban J connectivity index is 2.45. The Labute approximate surface area is 108 Å². The van der Waals surface area contributed by atoms with Gasteiger partial charge in [0.1, 0.15) is 5.75 Å². The summed E-state index contributed by atoms with van der Waals surface area (Å²) < 4.78 is 7.47. The fraction of sp³-hybridized carbons (Fsp3) is 0.357. The van der Waals surface area contributed by atoms with Crippen LogP contribution < -0.4 is 10.1 Å². The third-order valence-corrected chi connectivity index (χ3v) is 3.01. The van der Waals surface area contributed by atoms with Crippen LogP contribution in [0, 0.1) is 0 Å². The van der Waals surface area contributed by atoms with Crippen LogP contribution in [0.1, 0.15) is 24.2 Å². The molecular formula is C14H19N3O. The lowest BCUT2D eigenvalue weighted by Gasteiger charge is -2.21. The van der Waals surface area contributed by atoms with E-state index in [1.165, 1.54) is 0 Å². The highest BCUT2D eigenvalue weighted by atomic mass is 16.5. The molecule has 0 spiro atoms. The summed E-state index contributed by atoms with van der Waals surface area (Å²) in [5, 5.41) is 3.48. The number of aryl methyl sites for hydroxylation is 1. The van der Waals surface area contributed by atoms with Crippen LogP contribution in [-0.4, -0.2) is 23.2 Å². The number of ether oxygens (including phenoxy) is 1. The van der Waals surface area contributed by atoms with E-state index >= 15 is 0 Å². The van der Waals surface area contributed by atoms with Crippen molar-refractivity contribution in [3.05, 3.63) is 48.0 Å². The van der Waals surface area contributed by atoms with Gasteiger partial charge in [-0.25, -0.2) is 4.98 Å². The third-order valence-electron chi connectivity index (χ3n) is 3.01. The highest BCUT2D eigenvalue weighted by Crippen LogP contribution is 2.29. The summed E-state index contributed by atoms with van der Waals surface area (Å²) in [6, 6.07) is 8.17. The monoisotopic (exact) mass is 245 g/mol. The van der Waals surface area contributed by atoms with Crippen molar-refractivity contribution in [1.29, 1.82) is 0 Å². The highest BCUT2D eigenvalue weighted by molar-refractivity contribution is 5.39. The smallest absolute Gasteiger partial charge is 0.124 e. The first-order valence-electron chi connectivity index (χ1n) is 6.10. The molecule has 1 atom stereocenters. The van der Waals surface area contributed by atoms with Crippen molar-refractivity contribution in [1.82, 2.24) is 14.9 Å². The van der Waals surface area contributed by atoms with Gasteiger partial charge in [-0.1, -0.05) is 25.1 Å². The molecule has 1 heterocycles. The third kappa shape index (κ3) is 2.38. The molecule has 1 aromatic carbocycles. The van der Waals surface area contributed by atoms with Gasteiger partial charge in [-0.15, -0.1) is 0 Å². The Kier molecular flexibility index (Phi) is 3.99. The van der Waals surface area contributed by atoms with E-state index < -0.39 is 0 Å². The lowest BCUT2D eigenvalue weighted by atomic mass is 10.0. The van der Waals surface area contributed by atoms with Gasteiger partial charge < -0.3 is 14.6 Å². The van der Waals surface area contributed by atoms with E-state index in [0.29, 0.717) is 0 Å². The van der Waals surface area contributed by atoms with Crippen LogP contribution >= 0.6 is 0 Å². The van der Waals surface area contributed by atoms with E-state index in [0.717, 1.165) is 23.6 Å². The van der Waals surface area contributed by atoms with Gasteiger partial charge in [-0.3, -0.25) is 0 Å². The number of rotatable bonds is 5. The summed E-state index contributed by atoms with van der Waals surface area (Å²) in [4.78, 5) is 4.19. The van der Waals surface area contributed by atoms with Crippen molar-refractivity contribution in [2.75, 3.05) is 13.7 Å². The minimum atomic E-state index is 0.0960. The fourth-order valence-electron chi connectivity index (χ4n) is 2.13. The van der Waals surface area contributed by atoms with Crippen LogP contribution in [0.3, 0.4) is 0 Å². The van der Waals surface area contributed by atoms with Crippen molar-refractivity contribution in [3.63, 3.8) is 0 Å². The zero-order valence-corrected chi connectivity index (χ0v) is 11.1. The van der Waals surface area contributed by atoms with Crippen LogP contribution in [0.15, 0.2) is 36.8 Å². The first-order chi connectivity index (χ1) is 8.77. The Morgan fingerprint density at radius 3 is 2.78 bits per heavy atom. The quantitative estimate of drug-likeness (QED) is 0.877. The summed E-state index contributed by atoms with van der Waals surface area (Å²) in [6.07, 6.45) is 3.70. The van der Waals surface area contributed by atoms with Crippen LogP contribution in [0.5, 0.6) is 5.75 Å². The fourth-order valence-corrected chi connectivity index (χ4v) is 2.13. The first kappa shape index (κ1) is 12.6. The van der Waals surface area contributed by atoms with Gasteiger partial charge in [-0.2, -0.15) is 0 Å². The number of methoxy groups -OCH3 is 1. The number of nitrogens with zero attached hydrogens (tertiary/aromatic N) is 2. The molecule has 0 amide bonds. The number of benzene rings is 1. The predicted octanol–water partition coefficient (Wildman–Crippen LogP) is 2.13. The average molecular weight is 245 g/mol. The number of hydrogen-bond donors (Lipinski definition) is 1. The van der Waals surface area contributed by atoms with Gasteiger partial charge in [0.25, 0.3) is 0 Å². The Morgan fingerprint density at radius 1 is 1.39 bits per heavy atom. The maximum Gasteiger partial charge on any atom is 0.124 e. The first-order valence-corrected chi connectivity index (χ1v) is 6.10. The van der Waals surface area contributed by atoms with Crippen molar-refractivity contribution in [2.24, 2.45) is 7.05 Å². The summed E-state index contributed by atoms with van der Waals surface area (Å²) >= 11 is 0. The average Bonchev–Trinajstić information content (AvgIpc) is 2.82. The standard InChI is InChI=1S/C14H19N3O/c1-4-16-14(12-9-15-10-17(12)2)11-7-5-6-8-13(11)18-3/h5-10,14,16H,4H2,1-3H3. The molecule has 2 aromatic rings. The lowest BCUT2D eigenvalue weighted by molar-refractivity contribution is 0.403. The molecular weight excluding hydrogens is 226 g/mol. The van der Waals surface area contributed by atoms with E-state index in [1.54, 1.807) is 7.11 Å². The number of hydrogen-bond acceptors (Lipinski definition) is 3. The molecule has 0 saturated carbocycles. The van der Waals surface area contributed by atoms with E-state index in [1.807, 2.05) is 42.3 Å². The number of nitrogens with one attached hydrogen (secondary N) is 1. The normalized spacial score (nSPS) is 12.4. The maximum absolute atomic E-state index is 5.44. The molecule has 96 valence electrons. The number of imidazole rings is 1. The van der Waals surface area contributed by atoms with Crippen molar-refractivity contribution >= 4 is 0 Å². The summed E-state index contributed by atoms with van der Waals surface area (Å²) in [6.45, 7) is 2.98. The van der Waals surface area contributed by atoms with Gasteiger partial charge in [0, 0.05) is 12.6 Å². The molecule has 0 bridgehead atoms. The van der Waals surface area contributed by atoms with Gasteiger partial charge in [-0.05, 0) is 12.6 Å². The molecule has 0 radical (unpaired) electrons. The van der Waals surface area contributed by atoms with Crippen molar-refractivity contribution < 1.29 is 4.74 Å². The molecule has 4 heteroatoms. The van der Waals surface area contributed by atoms with Gasteiger partial charge >= 0.3 is 0 Å². The molecule has 4 nitrogen and oxygen atoms in total. The SMILES string of the molecule is CCNC(c1ccccc1OC)c1cncn1C. The molecule has 0 fully saturated rings. The second-order valence-electron chi connectivity index (χ2n) is 4.16. The van der Waals surface area contributed by atoms with Crippen molar-refractivity contribution in [2.45, 2.75) is 13.0 Å². The number of para-hydroxylation sites is 1. The largest absolute Gasteiger partial charge is 0.496 e. The van der Waals surface area contributed by atoms with Crippen LogP contribution in [0.4, 0.5) is 0 Å². The minimum absolute atomic E-state index is 0.0960. The molecule has 0 aliphatic heterocycles. The molecule has 1 N–H and O–H groups in total. The zero-order chi connectivity index (χ0) is 13.0. The molecule has 0 aliphatic carbocycles. The lowest BCUT2D eigenvalue weighted by Crippen LogP contribution is -2.24. The molecule has 0 saturated heterocycles. The van der Waals surface area contributed by atoms with Gasteiger partial charge in [0.2, 0.25) is 0 Å². The van der Waals surface area contributed by atoms with Crippen molar-refractivity contribution in [3.8, 4) is 5.75 Å². The molecule has 2 rings (SSSR count).